The summed E-state index contributed by atoms with van der Waals surface area (Å²) in [4.78, 5) is 25.0. The van der Waals surface area contributed by atoms with Crippen molar-refractivity contribution < 1.29 is 31.3 Å². The number of hydrogen-bond acceptors (Lipinski definition) is 4. The summed E-state index contributed by atoms with van der Waals surface area (Å²) in [7, 11) is 0. The topological polar surface area (TPSA) is 74.9 Å². The van der Waals surface area contributed by atoms with Crippen LogP contribution in [0.3, 0.4) is 0 Å². The zero-order chi connectivity index (χ0) is 15.8. The van der Waals surface area contributed by atoms with E-state index < -0.39 is 0 Å². The van der Waals surface area contributed by atoms with Crippen LogP contribution in [0.15, 0.2) is 35.7 Å². The van der Waals surface area contributed by atoms with Crippen LogP contribution in [0.5, 0.6) is 0 Å². The number of likely N-dealkylation sites (tertiary alicyclic amines) is 1. The van der Waals surface area contributed by atoms with Gasteiger partial charge >= 0.3 is 12.0 Å². The molecule has 1 aliphatic rings. The largest absolute Gasteiger partial charge is 1.00 e. The number of amides is 2. The Morgan fingerprint density at radius 3 is 2.52 bits per heavy atom. The molecule has 2 rings (SSSR count). The van der Waals surface area contributed by atoms with Gasteiger partial charge in [-0.2, -0.15) is 9.67 Å². The first kappa shape index (κ1) is 18.9. The molecule has 0 aromatic carbocycles. The fourth-order valence-corrected chi connectivity index (χ4v) is 2.16. The summed E-state index contributed by atoms with van der Waals surface area (Å²) in [5.41, 5.74) is 3.46. The molecule has 0 saturated carbocycles. The van der Waals surface area contributed by atoms with E-state index in [2.05, 4.69) is 10.5 Å². The maximum atomic E-state index is 11.8. The van der Waals surface area contributed by atoms with E-state index in [4.69, 9.17) is 4.74 Å². The minimum absolute atomic E-state index is 0. The SMILES string of the molecule is CCOC(=O)N1CCC(=NNC(=O)C[n+]2ccccc2)CC1.[Cl-]. The Morgan fingerprint density at radius 2 is 1.91 bits per heavy atom. The average Bonchev–Trinajstić information content (AvgIpc) is 2.54. The Hall–Kier alpha value is -2.15. The van der Waals surface area contributed by atoms with Crippen molar-refractivity contribution >= 4 is 17.7 Å². The van der Waals surface area contributed by atoms with E-state index in [0.29, 0.717) is 32.5 Å². The highest BCUT2D eigenvalue weighted by atomic mass is 35.5. The zero-order valence-electron chi connectivity index (χ0n) is 13.1. The normalized spacial score (nSPS) is 13.8. The van der Waals surface area contributed by atoms with E-state index in [1.54, 1.807) is 16.4 Å². The van der Waals surface area contributed by atoms with Crippen LogP contribution in [0.2, 0.25) is 0 Å². The van der Waals surface area contributed by atoms with Gasteiger partial charge in [-0.05, 0) is 6.92 Å². The van der Waals surface area contributed by atoms with Gasteiger partial charge in [0.2, 0.25) is 6.54 Å². The van der Waals surface area contributed by atoms with Crippen molar-refractivity contribution in [2.45, 2.75) is 26.3 Å². The molecule has 0 unspecified atom stereocenters. The molecule has 8 heteroatoms. The van der Waals surface area contributed by atoms with Gasteiger partial charge in [-0.3, -0.25) is 4.79 Å². The number of ether oxygens (including phenoxy) is 1. The lowest BCUT2D eigenvalue weighted by Gasteiger charge is -2.26. The van der Waals surface area contributed by atoms with Crippen LogP contribution < -0.4 is 22.4 Å². The van der Waals surface area contributed by atoms with Crippen LogP contribution >= 0.6 is 0 Å². The second-order valence-corrected chi connectivity index (χ2v) is 4.95. The minimum atomic E-state index is -0.286. The minimum Gasteiger partial charge on any atom is -1.00 e. The molecular formula is C15H21ClN4O3. The highest BCUT2D eigenvalue weighted by molar-refractivity contribution is 5.88. The van der Waals surface area contributed by atoms with Crippen LogP contribution in [0.1, 0.15) is 19.8 Å². The maximum Gasteiger partial charge on any atom is 0.409 e. The Bertz CT molecular complexity index is 541. The Kier molecular flexibility index (Phi) is 8.04. The van der Waals surface area contributed by atoms with Crippen molar-refractivity contribution in [3.63, 3.8) is 0 Å². The predicted molar refractivity (Wildman–Crippen MR) is 80.0 cm³/mol. The summed E-state index contributed by atoms with van der Waals surface area (Å²) in [6, 6.07) is 5.63. The van der Waals surface area contributed by atoms with Gasteiger partial charge in [0.25, 0.3) is 0 Å². The van der Waals surface area contributed by atoms with Crippen molar-refractivity contribution in [2.24, 2.45) is 5.10 Å². The average molecular weight is 341 g/mol. The summed E-state index contributed by atoms with van der Waals surface area (Å²) in [6.07, 6.45) is 4.66. The van der Waals surface area contributed by atoms with Gasteiger partial charge in [0.15, 0.2) is 12.4 Å². The number of nitrogens with zero attached hydrogens (tertiary/aromatic N) is 3. The van der Waals surface area contributed by atoms with Gasteiger partial charge in [0.05, 0.1) is 6.61 Å². The molecule has 2 heterocycles. The number of carbonyl (C=O) groups is 2. The lowest BCUT2D eigenvalue weighted by Crippen LogP contribution is -3.00. The number of halogens is 1. The highest BCUT2D eigenvalue weighted by Crippen LogP contribution is 2.08. The van der Waals surface area contributed by atoms with Crippen LogP contribution in [-0.4, -0.2) is 42.3 Å². The number of rotatable bonds is 4. The quantitative estimate of drug-likeness (QED) is 0.495. The second kappa shape index (κ2) is 9.78. The number of pyridine rings is 1. The van der Waals surface area contributed by atoms with Crippen LogP contribution in [0, 0.1) is 0 Å². The summed E-state index contributed by atoms with van der Waals surface area (Å²) in [6.45, 7) is 3.53. The molecule has 7 nitrogen and oxygen atoms in total. The van der Waals surface area contributed by atoms with Gasteiger partial charge in [-0.25, -0.2) is 10.2 Å². The third-order valence-electron chi connectivity index (χ3n) is 3.31. The van der Waals surface area contributed by atoms with Crippen molar-refractivity contribution in [2.75, 3.05) is 19.7 Å². The summed E-state index contributed by atoms with van der Waals surface area (Å²) in [5, 5.41) is 4.14. The van der Waals surface area contributed by atoms with Crippen molar-refractivity contribution in [1.29, 1.82) is 0 Å². The van der Waals surface area contributed by atoms with Crippen molar-refractivity contribution in [3.8, 4) is 0 Å². The summed E-state index contributed by atoms with van der Waals surface area (Å²) < 4.78 is 6.73. The molecule has 2 amide bonds. The van der Waals surface area contributed by atoms with E-state index >= 15 is 0 Å². The highest BCUT2D eigenvalue weighted by Gasteiger charge is 2.20. The molecular weight excluding hydrogens is 320 g/mol. The lowest BCUT2D eigenvalue weighted by molar-refractivity contribution is -0.684. The van der Waals surface area contributed by atoms with Crippen LogP contribution in [-0.2, 0) is 16.1 Å². The molecule has 0 atom stereocenters. The van der Waals surface area contributed by atoms with E-state index in [9.17, 15) is 9.59 Å². The molecule has 1 saturated heterocycles. The first-order valence-corrected chi connectivity index (χ1v) is 7.39. The molecule has 23 heavy (non-hydrogen) atoms. The molecule has 1 aromatic rings. The van der Waals surface area contributed by atoms with Crippen molar-refractivity contribution in [3.05, 3.63) is 30.6 Å². The predicted octanol–water partition coefficient (Wildman–Crippen LogP) is -2.30. The van der Waals surface area contributed by atoms with Gasteiger partial charge in [0, 0.05) is 43.8 Å². The van der Waals surface area contributed by atoms with E-state index in [1.165, 1.54) is 0 Å². The van der Waals surface area contributed by atoms with E-state index in [1.807, 2.05) is 30.6 Å². The van der Waals surface area contributed by atoms with Crippen LogP contribution in [0.25, 0.3) is 0 Å². The zero-order valence-corrected chi connectivity index (χ0v) is 13.8. The fourth-order valence-electron chi connectivity index (χ4n) is 2.16. The third kappa shape index (κ3) is 6.23. The second-order valence-electron chi connectivity index (χ2n) is 4.95. The smallest absolute Gasteiger partial charge is 0.409 e. The molecule has 0 radical (unpaired) electrons. The van der Waals surface area contributed by atoms with E-state index in [0.717, 1.165) is 5.71 Å². The molecule has 0 bridgehead atoms. The molecule has 126 valence electrons. The molecule has 1 aliphatic heterocycles. The van der Waals surface area contributed by atoms with E-state index in [-0.39, 0.29) is 31.0 Å². The van der Waals surface area contributed by atoms with Gasteiger partial charge < -0.3 is 22.0 Å². The summed E-state index contributed by atoms with van der Waals surface area (Å²) >= 11 is 0. The van der Waals surface area contributed by atoms with Gasteiger partial charge in [-0.1, -0.05) is 6.07 Å². The van der Waals surface area contributed by atoms with Crippen molar-refractivity contribution in [1.82, 2.24) is 10.3 Å². The number of hydrogen-bond donors (Lipinski definition) is 1. The number of nitrogens with one attached hydrogen (secondary N) is 1. The Labute approximate surface area is 141 Å². The van der Waals surface area contributed by atoms with Gasteiger partial charge in [0.1, 0.15) is 0 Å². The number of piperidine rings is 1. The third-order valence-corrected chi connectivity index (χ3v) is 3.31. The first-order valence-electron chi connectivity index (χ1n) is 7.39. The molecule has 0 aliphatic carbocycles. The number of hydrazone groups is 1. The molecule has 1 aromatic heterocycles. The standard InChI is InChI=1S/C15H20N4O3.ClH/c1-2-22-15(21)19-10-6-13(7-11-19)16-17-14(20)12-18-8-4-3-5-9-18;/h3-5,8-9H,2,6-7,10-12H2,1H3;1H. The number of carbonyl (C=O) groups excluding carboxylic acids is 2. The first-order chi connectivity index (χ1) is 10.7. The Balaban J connectivity index is 0.00000264. The Morgan fingerprint density at radius 1 is 1.26 bits per heavy atom. The lowest BCUT2D eigenvalue weighted by atomic mass is 10.1. The monoisotopic (exact) mass is 340 g/mol. The maximum absolute atomic E-state index is 11.8. The fraction of sp³-hybridized carbons (Fsp3) is 0.467. The molecule has 1 fully saturated rings. The van der Waals surface area contributed by atoms with Gasteiger partial charge in [-0.15, -0.1) is 0 Å². The molecule has 1 N–H and O–H groups in total. The number of aromatic nitrogens is 1. The van der Waals surface area contributed by atoms with Crippen LogP contribution in [0.4, 0.5) is 4.79 Å². The summed E-state index contributed by atoms with van der Waals surface area (Å²) in [5.74, 6) is -0.170. The molecule has 0 spiro atoms.